The minimum Gasteiger partial charge on any atom is -0.444 e. The summed E-state index contributed by atoms with van der Waals surface area (Å²) in [5.74, 6) is 0. The number of rotatable bonds is 3. The molecular weight excluding hydrogens is 400 g/mol. The molecule has 1 saturated heterocycles. The fourth-order valence-electron chi connectivity index (χ4n) is 3.88. The molecule has 0 atom stereocenters. The average molecular weight is 421 g/mol. The van der Waals surface area contributed by atoms with Crippen molar-refractivity contribution in [1.29, 1.82) is 0 Å². The maximum atomic E-state index is 13.0. The number of hydrogen-bond acceptors (Lipinski definition) is 4. The van der Waals surface area contributed by atoms with Crippen LogP contribution >= 0.6 is 11.6 Å². The fourth-order valence-corrected chi connectivity index (χ4v) is 5.77. The van der Waals surface area contributed by atoms with Crippen LogP contribution < -0.4 is 4.90 Å². The van der Waals surface area contributed by atoms with Gasteiger partial charge in [-0.2, -0.15) is 4.31 Å². The van der Waals surface area contributed by atoms with Crippen molar-refractivity contribution in [2.75, 3.05) is 18.0 Å². The minimum atomic E-state index is -3.55. The van der Waals surface area contributed by atoms with Gasteiger partial charge in [-0.15, -0.1) is 0 Å². The molecule has 148 valence electrons. The Bertz CT molecular complexity index is 1020. The third-order valence-electron chi connectivity index (χ3n) is 5.35. The van der Waals surface area contributed by atoms with E-state index in [4.69, 9.17) is 16.3 Å². The van der Waals surface area contributed by atoms with Gasteiger partial charge in [0.05, 0.1) is 10.6 Å². The monoisotopic (exact) mass is 420 g/mol. The largest absolute Gasteiger partial charge is 0.444 e. The van der Waals surface area contributed by atoms with E-state index in [1.165, 1.54) is 4.31 Å². The van der Waals surface area contributed by atoms with Gasteiger partial charge in [0.2, 0.25) is 10.0 Å². The summed E-state index contributed by atoms with van der Waals surface area (Å²) < 4.78 is 32.8. The molecule has 2 aromatic carbocycles. The molecule has 2 aromatic rings. The van der Waals surface area contributed by atoms with Crippen LogP contribution in [0.25, 0.3) is 0 Å². The smallest absolute Gasteiger partial charge is 0.414 e. The highest BCUT2D eigenvalue weighted by Crippen LogP contribution is 2.34. The van der Waals surface area contributed by atoms with E-state index in [1.54, 1.807) is 42.2 Å². The summed E-state index contributed by atoms with van der Waals surface area (Å²) in [5.41, 5.74) is 2.39. The molecule has 1 amide bonds. The van der Waals surface area contributed by atoms with E-state index < -0.39 is 16.1 Å². The lowest BCUT2D eigenvalue weighted by Crippen LogP contribution is -2.50. The molecule has 0 spiro atoms. The van der Waals surface area contributed by atoms with Crippen molar-refractivity contribution in [3.05, 3.63) is 58.6 Å². The van der Waals surface area contributed by atoms with Gasteiger partial charge in [0.15, 0.2) is 0 Å². The van der Waals surface area contributed by atoms with Gasteiger partial charge in [0.25, 0.3) is 0 Å². The molecule has 0 aliphatic carbocycles. The summed E-state index contributed by atoms with van der Waals surface area (Å²) in [7, 11) is -3.55. The van der Waals surface area contributed by atoms with Crippen molar-refractivity contribution >= 4 is 33.4 Å². The van der Waals surface area contributed by atoms with Gasteiger partial charge < -0.3 is 4.74 Å². The zero-order chi connectivity index (χ0) is 19.9. The molecule has 4 rings (SSSR count). The first-order chi connectivity index (χ1) is 13.4. The molecule has 0 N–H and O–H groups in total. The second-order valence-corrected chi connectivity index (χ2v) is 9.44. The second-order valence-electron chi connectivity index (χ2n) is 7.10. The predicted octanol–water partition coefficient (Wildman–Crippen LogP) is 3.96. The number of carbonyl (C=O) groups excluding carboxylic acids is 1. The summed E-state index contributed by atoms with van der Waals surface area (Å²) in [6, 6.07) is 12.3. The van der Waals surface area contributed by atoms with Crippen LogP contribution in [-0.4, -0.2) is 37.9 Å². The summed E-state index contributed by atoms with van der Waals surface area (Å²) in [6.45, 7) is 2.71. The van der Waals surface area contributed by atoms with Crippen molar-refractivity contribution in [3.63, 3.8) is 0 Å². The summed E-state index contributed by atoms with van der Waals surface area (Å²) >= 11 is 6.05. The van der Waals surface area contributed by atoms with E-state index in [0.29, 0.717) is 35.8 Å². The molecule has 2 aliphatic rings. The number of carbonyl (C=O) groups is 1. The molecule has 2 heterocycles. The molecule has 0 bridgehead atoms. The number of amides is 1. The Morgan fingerprint density at radius 3 is 2.54 bits per heavy atom. The van der Waals surface area contributed by atoms with Crippen LogP contribution in [0.2, 0.25) is 5.02 Å². The lowest BCUT2D eigenvalue weighted by molar-refractivity contribution is 0.136. The molecule has 2 aliphatic heterocycles. The van der Waals surface area contributed by atoms with E-state index in [2.05, 4.69) is 0 Å². The second kappa shape index (κ2) is 7.39. The number of anilines is 1. The van der Waals surface area contributed by atoms with E-state index >= 15 is 0 Å². The molecule has 1 fully saturated rings. The third kappa shape index (κ3) is 3.38. The van der Waals surface area contributed by atoms with Gasteiger partial charge in [0, 0.05) is 29.7 Å². The summed E-state index contributed by atoms with van der Waals surface area (Å²) in [4.78, 5) is 14.4. The Morgan fingerprint density at radius 2 is 1.82 bits per heavy atom. The number of benzene rings is 2. The van der Waals surface area contributed by atoms with Gasteiger partial charge in [-0.3, -0.25) is 4.90 Å². The number of cyclic esters (lactones) is 1. The van der Waals surface area contributed by atoms with Gasteiger partial charge in [-0.05, 0) is 49.6 Å². The fraction of sp³-hybridized carbons (Fsp3) is 0.350. The van der Waals surface area contributed by atoms with E-state index in [1.807, 2.05) is 12.1 Å². The first kappa shape index (κ1) is 19.2. The van der Waals surface area contributed by atoms with Gasteiger partial charge in [-0.25, -0.2) is 13.2 Å². The van der Waals surface area contributed by atoms with E-state index in [9.17, 15) is 13.2 Å². The van der Waals surface area contributed by atoms with Crippen molar-refractivity contribution in [3.8, 4) is 0 Å². The van der Waals surface area contributed by atoms with Crippen LogP contribution in [0, 0.1) is 6.92 Å². The number of sulfonamides is 1. The zero-order valence-electron chi connectivity index (χ0n) is 15.5. The Balaban J connectivity index is 1.54. The number of halogens is 1. The molecule has 0 saturated carbocycles. The van der Waals surface area contributed by atoms with E-state index in [-0.39, 0.29) is 12.6 Å². The topological polar surface area (TPSA) is 66.9 Å². The van der Waals surface area contributed by atoms with Crippen LogP contribution in [0.1, 0.15) is 24.0 Å². The standard InChI is InChI=1S/C20H21ClN2O4S/c1-14-4-2-3-5-19(14)28(25,26)22-10-8-17(9-11-22)23-18-7-6-16(21)12-15(18)13-27-20(23)24/h2-7,12,17H,8-11,13H2,1H3. The lowest BCUT2D eigenvalue weighted by Gasteiger charge is -2.39. The van der Waals surface area contributed by atoms with Crippen LogP contribution in [0.4, 0.5) is 10.5 Å². The number of nitrogens with zero attached hydrogens (tertiary/aromatic N) is 2. The highest BCUT2D eigenvalue weighted by molar-refractivity contribution is 7.89. The first-order valence-electron chi connectivity index (χ1n) is 9.18. The molecular formula is C20H21ClN2O4S. The average Bonchev–Trinajstić information content (AvgIpc) is 2.68. The molecule has 6 nitrogen and oxygen atoms in total. The lowest BCUT2D eigenvalue weighted by atomic mass is 10.0. The van der Waals surface area contributed by atoms with Gasteiger partial charge >= 0.3 is 6.09 Å². The molecule has 28 heavy (non-hydrogen) atoms. The van der Waals surface area contributed by atoms with Crippen molar-refractivity contribution < 1.29 is 17.9 Å². The zero-order valence-corrected chi connectivity index (χ0v) is 17.0. The predicted molar refractivity (Wildman–Crippen MR) is 107 cm³/mol. The number of hydrogen-bond donors (Lipinski definition) is 0. The quantitative estimate of drug-likeness (QED) is 0.753. The van der Waals surface area contributed by atoms with Gasteiger partial charge in [-0.1, -0.05) is 29.8 Å². The number of aryl methyl sites for hydroxylation is 1. The van der Waals surface area contributed by atoms with Crippen LogP contribution in [-0.2, 0) is 21.4 Å². The Morgan fingerprint density at radius 1 is 1.11 bits per heavy atom. The van der Waals surface area contributed by atoms with Crippen LogP contribution in [0.15, 0.2) is 47.4 Å². The molecule has 8 heteroatoms. The normalized spacial score (nSPS) is 18.6. The SMILES string of the molecule is Cc1ccccc1S(=O)(=O)N1CCC(N2C(=O)OCc3cc(Cl)ccc32)CC1. The van der Waals surface area contributed by atoms with Crippen molar-refractivity contribution in [2.45, 2.75) is 37.3 Å². The highest BCUT2D eigenvalue weighted by atomic mass is 35.5. The summed E-state index contributed by atoms with van der Waals surface area (Å²) in [6.07, 6.45) is 0.694. The first-order valence-corrected chi connectivity index (χ1v) is 11.0. The number of ether oxygens (including phenoxy) is 1. The minimum absolute atomic E-state index is 0.115. The molecule has 0 aromatic heterocycles. The van der Waals surface area contributed by atoms with E-state index in [0.717, 1.165) is 16.8 Å². The Labute approximate surface area is 169 Å². The number of fused-ring (bicyclic) bond motifs is 1. The molecule has 0 radical (unpaired) electrons. The Hall–Kier alpha value is -2.09. The van der Waals surface area contributed by atoms with Crippen LogP contribution in [0.3, 0.4) is 0 Å². The maximum absolute atomic E-state index is 13.0. The molecule has 0 unspecified atom stereocenters. The third-order valence-corrected chi connectivity index (χ3v) is 7.64. The van der Waals surface area contributed by atoms with Crippen molar-refractivity contribution in [2.24, 2.45) is 0 Å². The summed E-state index contributed by atoms with van der Waals surface area (Å²) in [5, 5.41) is 0.593. The highest BCUT2D eigenvalue weighted by Gasteiger charge is 2.37. The Kier molecular flexibility index (Phi) is 5.07. The van der Waals surface area contributed by atoms with Crippen LogP contribution in [0.5, 0.6) is 0 Å². The number of piperidine rings is 1. The van der Waals surface area contributed by atoms with Crippen molar-refractivity contribution in [1.82, 2.24) is 4.31 Å². The maximum Gasteiger partial charge on any atom is 0.414 e. The van der Waals surface area contributed by atoms with Gasteiger partial charge in [0.1, 0.15) is 6.61 Å².